The highest BCUT2D eigenvalue weighted by Gasteiger charge is 2.57. The van der Waals surface area contributed by atoms with E-state index in [0.29, 0.717) is 5.56 Å². The second kappa shape index (κ2) is 3.44. The second-order valence-electron chi connectivity index (χ2n) is 3.44. The van der Waals surface area contributed by atoms with E-state index in [0.717, 1.165) is 0 Å². The molecule has 0 saturated carbocycles. The van der Waals surface area contributed by atoms with Crippen LogP contribution in [0.5, 0.6) is 0 Å². The zero-order chi connectivity index (χ0) is 11.8. The Morgan fingerprint density at radius 3 is 2.44 bits per heavy atom. The summed E-state index contributed by atoms with van der Waals surface area (Å²) in [5, 5.41) is 12.8. The van der Waals surface area contributed by atoms with Crippen molar-refractivity contribution in [2.75, 3.05) is 0 Å². The first-order valence-corrected chi connectivity index (χ1v) is 4.46. The first kappa shape index (κ1) is 10.9. The summed E-state index contributed by atoms with van der Waals surface area (Å²) in [6.07, 6.45) is -2.47. The molecule has 1 aliphatic rings. The highest BCUT2D eigenvalue weighted by Crippen LogP contribution is 2.34. The van der Waals surface area contributed by atoms with E-state index in [1.54, 1.807) is 5.43 Å². The first-order valence-electron chi connectivity index (χ1n) is 4.46. The number of rotatable bonds is 1. The Morgan fingerprint density at radius 2 is 1.94 bits per heavy atom. The molecule has 0 aliphatic carbocycles. The molecule has 4 nitrogen and oxygen atoms in total. The summed E-state index contributed by atoms with van der Waals surface area (Å²) in [6, 6.07) is 3.06. The van der Waals surface area contributed by atoms with Crippen molar-refractivity contribution in [3.8, 4) is 0 Å². The van der Waals surface area contributed by atoms with E-state index in [2.05, 4.69) is 10.1 Å². The van der Waals surface area contributed by atoms with Crippen molar-refractivity contribution in [2.45, 2.75) is 18.3 Å². The Morgan fingerprint density at radius 1 is 1.31 bits per heavy atom. The number of halogens is 3. The lowest BCUT2D eigenvalue weighted by molar-refractivity contribution is -0.266. The predicted molar refractivity (Wildman–Crippen MR) is 49.5 cm³/mol. The van der Waals surface area contributed by atoms with Gasteiger partial charge in [-0.3, -0.25) is 10.4 Å². The van der Waals surface area contributed by atoms with Crippen molar-refractivity contribution in [2.24, 2.45) is 5.10 Å². The third-order valence-electron chi connectivity index (χ3n) is 2.28. The zero-order valence-electron chi connectivity index (χ0n) is 7.99. The average Bonchev–Trinajstić information content (AvgIpc) is 2.63. The topological polar surface area (TPSA) is 57.5 Å². The Kier molecular flexibility index (Phi) is 2.34. The number of alkyl halides is 3. The van der Waals surface area contributed by atoms with E-state index in [4.69, 9.17) is 0 Å². The van der Waals surface area contributed by atoms with Crippen molar-refractivity contribution < 1.29 is 18.3 Å². The fourth-order valence-electron chi connectivity index (χ4n) is 1.36. The lowest BCUT2D eigenvalue weighted by Gasteiger charge is -2.24. The number of hydrazone groups is 1. The molecule has 2 heterocycles. The summed E-state index contributed by atoms with van der Waals surface area (Å²) < 4.78 is 37.3. The van der Waals surface area contributed by atoms with Crippen LogP contribution >= 0.6 is 0 Å². The van der Waals surface area contributed by atoms with E-state index >= 15 is 0 Å². The van der Waals surface area contributed by atoms with Crippen LogP contribution in [0.1, 0.15) is 12.0 Å². The maximum Gasteiger partial charge on any atom is 0.438 e. The lowest BCUT2D eigenvalue weighted by atomic mass is 10.0. The van der Waals surface area contributed by atoms with Crippen LogP contribution in [-0.2, 0) is 0 Å². The summed E-state index contributed by atoms with van der Waals surface area (Å²) in [7, 11) is 0. The average molecular weight is 231 g/mol. The fraction of sp³-hybridized carbons (Fsp3) is 0.333. The number of pyridine rings is 1. The van der Waals surface area contributed by atoms with Crippen LogP contribution in [0.2, 0.25) is 0 Å². The van der Waals surface area contributed by atoms with Gasteiger partial charge in [0.25, 0.3) is 5.72 Å². The minimum absolute atomic E-state index is 0.155. The van der Waals surface area contributed by atoms with E-state index in [-0.39, 0.29) is 5.71 Å². The number of aromatic nitrogens is 1. The Balaban J connectivity index is 2.20. The van der Waals surface area contributed by atoms with Gasteiger partial charge < -0.3 is 5.11 Å². The van der Waals surface area contributed by atoms with E-state index in [1.165, 1.54) is 24.5 Å². The summed E-state index contributed by atoms with van der Waals surface area (Å²) in [5.41, 5.74) is -0.590. The number of nitrogens with zero attached hydrogens (tertiary/aromatic N) is 2. The van der Waals surface area contributed by atoms with Gasteiger partial charge in [-0.05, 0) is 12.1 Å². The SMILES string of the molecule is O[C@]1(C(F)(F)F)CC(c2ccncc2)=NN1. The molecular formula is C9H8F3N3O. The van der Waals surface area contributed by atoms with Crippen molar-refractivity contribution >= 4 is 5.71 Å². The van der Waals surface area contributed by atoms with Gasteiger partial charge in [0.15, 0.2) is 0 Å². The van der Waals surface area contributed by atoms with Crippen molar-refractivity contribution in [1.82, 2.24) is 10.4 Å². The van der Waals surface area contributed by atoms with Gasteiger partial charge in [-0.15, -0.1) is 0 Å². The van der Waals surface area contributed by atoms with Gasteiger partial charge in [0.05, 0.1) is 12.1 Å². The van der Waals surface area contributed by atoms with Gasteiger partial charge >= 0.3 is 6.18 Å². The molecule has 7 heteroatoms. The first-order chi connectivity index (χ1) is 7.42. The van der Waals surface area contributed by atoms with Gasteiger partial charge in [0.1, 0.15) is 0 Å². The monoisotopic (exact) mass is 231 g/mol. The molecule has 1 aromatic rings. The molecule has 2 N–H and O–H groups in total. The third-order valence-corrected chi connectivity index (χ3v) is 2.28. The molecule has 16 heavy (non-hydrogen) atoms. The molecule has 2 rings (SSSR count). The van der Waals surface area contributed by atoms with Gasteiger partial charge in [0, 0.05) is 18.0 Å². The fourth-order valence-corrected chi connectivity index (χ4v) is 1.36. The molecule has 0 aromatic carbocycles. The second-order valence-corrected chi connectivity index (χ2v) is 3.44. The molecule has 0 spiro atoms. The van der Waals surface area contributed by atoms with Crippen LogP contribution in [0.3, 0.4) is 0 Å². The zero-order valence-corrected chi connectivity index (χ0v) is 7.99. The number of nitrogens with one attached hydrogen (secondary N) is 1. The quantitative estimate of drug-likeness (QED) is 0.759. The highest BCUT2D eigenvalue weighted by atomic mass is 19.4. The molecule has 0 fully saturated rings. The van der Waals surface area contributed by atoms with Crippen molar-refractivity contribution in [3.63, 3.8) is 0 Å². The molecular weight excluding hydrogens is 223 g/mol. The molecule has 0 saturated heterocycles. The van der Waals surface area contributed by atoms with Crippen LogP contribution in [0.15, 0.2) is 29.6 Å². The summed E-state index contributed by atoms with van der Waals surface area (Å²) in [5.74, 6) is 0. The highest BCUT2D eigenvalue weighted by molar-refractivity contribution is 6.01. The summed E-state index contributed by atoms with van der Waals surface area (Å²) in [6.45, 7) is 0. The summed E-state index contributed by atoms with van der Waals surface area (Å²) in [4.78, 5) is 3.74. The maximum atomic E-state index is 12.4. The Labute approximate surface area is 88.8 Å². The van der Waals surface area contributed by atoms with Crippen molar-refractivity contribution in [3.05, 3.63) is 30.1 Å². The van der Waals surface area contributed by atoms with Gasteiger partial charge in [-0.1, -0.05) is 0 Å². The van der Waals surface area contributed by atoms with Crippen LogP contribution in [-0.4, -0.2) is 27.7 Å². The van der Waals surface area contributed by atoms with E-state index in [9.17, 15) is 18.3 Å². The molecule has 0 unspecified atom stereocenters. The maximum absolute atomic E-state index is 12.4. The molecule has 0 radical (unpaired) electrons. The van der Waals surface area contributed by atoms with Crippen molar-refractivity contribution in [1.29, 1.82) is 0 Å². The Bertz CT molecular complexity index is 418. The molecule has 1 atom stereocenters. The number of hydrogen-bond donors (Lipinski definition) is 2. The van der Waals surface area contributed by atoms with Crippen LogP contribution in [0.4, 0.5) is 13.2 Å². The minimum Gasteiger partial charge on any atom is -0.362 e. The largest absolute Gasteiger partial charge is 0.438 e. The summed E-state index contributed by atoms with van der Waals surface area (Å²) >= 11 is 0. The van der Waals surface area contributed by atoms with Crippen LogP contribution in [0.25, 0.3) is 0 Å². The Hall–Kier alpha value is -1.63. The third kappa shape index (κ3) is 1.73. The predicted octanol–water partition coefficient (Wildman–Crippen LogP) is 1.03. The number of aliphatic hydroxyl groups is 1. The molecule has 86 valence electrons. The molecule has 1 aromatic heterocycles. The van der Waals surface area contributed by atoms with Gasteiger partial charge in [-0.25, -0.2) is 0 Å². The van der Waals surface area contributed by atoms with Crippen LogP contribution in [0, 0.1) is 0 Å². The molecule has 0 amide bonds. The normalized spacial score (nSPS) is 25.1. The lowest BCUT2D eigenvalue weighted by Crippen LogP contribution is -2.52. The number of hydrogen-bond acceptors (Lipinski definition) is 4. The molecule has 0 bridgehead atoms. The van der Waals surface area contributed by atoms with Gasteiger partial charge in [0.2, 0.25) is 0 Å². The van der Waals surface area contributed by atoms with E-state index in [1.807, 2.05) is 0 Å². The van der Waals surface area contributed by atoms with E-state index < -0.39 is 18.3 Å². The smallest absolute Gasteiger partial charge is 0.362 e. The molecule has 1 aliphatic heterocycles. The van der Waals surface area contributed by atoms with Crippen LogP contribution < -0.4 is 5.43 Å². The standard InChI is InChI=1S/C9H8F3N3O/c10-9(11,12)8(16)5-7(14-15-8)6-1-3-13-4-2-6/h1-4,15-16H,5H2/t8-/m0/s1. The van der Waals surface area contributed by atoms with Gasteiger partial charge in [-0.2, -0.15) is 18.3 Å². The minimum atomic E-state index is -4.76.